The molecule has 0 spiro atoms. The van der Waals surface area contributed by atoms with Crippen molar-refractivity contribution >= 4 is 10.0 Å². The maximum atomic E-state index is 13.5. The van der Waals surface area contributed by atoms with Crippen LogP contribution in [-0.2, 0) is 10.0 Å². The van der Waals surface area contributed by atoms with E-state index in [4.69, 9.17) is 4.74 Å². The molecule has 0 radical (unpaired) electrons. The molecule has 0 bridgehead atoms. The Bertz CT molecular complexity index is 569. The second-order valence-electron chi connectivity index (χ2n) is 5.75. The number of para-hydroxylation sites is 1. The molecule has 1 saturated heterocycles. The van der Waals surface area contributed by atoms with E-state index >= 15 is 0 Å². The van der Waals surface area contributed by atoms with Gasteiger partial charge in [-0.1, -0.05) is 25.5 Å². The van der Waals surface area contributed by atoms with Crippen molar-refractivity contribution in [2.75, 3.05) is 25.4 Å². The van der Waals surface area contributed by atoms with Crippen molar-refractivity contribution in [3.63, 3.8) is 0 Å². The van der Waals surface area contributed by atoms with Crippen LogP contribution in [0, 0.1) is 11.7 Å². The lowest BCUT2D eigenvalue weighted by Crippen LogP contribution is -2.40. The zero-order valence-electron chi connectivity index (χ0n) is 13.0. The van der Waals surface area contributed by atoms with Gasteiger partial charge in [-0.15, -0.1) is 0 Å². The molecule has 4 nitrogen and oxygen atoms in total. The maximum absolute atomic E-state index is 13.5. The highest BCUT2D eigenvalue weighted by Crippen LogP contribution is 2.23. The van der Waals surface area contributed by atoms with Crippen LogP contribution in [0.3, 0.4) is 0 Å². The number of hydrogen-bond donors (Lipinski definition) is 0. The summed E-state index contributed by atoms with van der Waals surface area (Å²) in [5, 5.41) is 0. The van der Waals surface area contributed by atoms with E-state index in [1.54, 1.807) is 22.5 Å². The minimum absolute atomic E-state index is 0.236. The Morgan fingerprint density at radius 3 is 2.59 bits per heavy atom. The van der Waals surface area contributed by atoms with Gasteiger partial charge in [0.25, 0.3) is 0 Å². The topological polar surface area (TPSA) is 46.6 Å². The fourth-order valence-electron chi connectivity index (χ4n) is 2.58. The smallest absolute Gasteiger partial charge is 0.214 e. The number of piperidine rings is 1. The van der Waals surface area contributed by atoms with Crippen LogP contribution in [0.4, 0.5) is 4.39 Å². The fraction of sp³-hybridized carbons (Fsp3) is 0.625. The SMILES string of the molecule is CCCCS(=O)(=O)N1CCC(COc2ccccc2F)CC1. The van der Waals surface area contributed by atoms with E-state index in [0.29, 0.717) is 26.1 Å². The molecule has 124 valence electrons. The minimum Gasteiger partial charge on any atom is -0.490 e. The summed E-state index contributed by atoms with van der Waals surface area (Å²) in [6, 6.07) is 6.35. The number of hydrogen-bond acceptors (Lipinski definition) is 3. The van der Waals surface area contributed by atoms with Gasteiger partial charge in [0.2, 0.25) is 10.0 Å². The third-order valence-corrected chi connectivity index (χ3v) is 5.99. The average Bonchev–Trinajstić information content (AvgIpc) is 2.53. The lowest BCUT2D eigenvalue weighted by molar-refractivity contribution is 0.181. The van der Waals surface area contributed by atoms with E-state index < -0.39 is 10.0 Å². The Hall–Kier alpha value is -1.14. The van der Waals surface area contributed by atoms with Crippen LogP contribution in [0.2, 0.25) is 0 Å². The van der Waals surface area contributed by atoms with Crippen LogP contribution >= 0.6 is 0 Å². The van der Waals surface area contributed by atoms with Gasteiger partial charge >= 0.3 is 0 Å². The van der Waals surface area contributed by atoms with Crippen molar-refractivity contribution in [3.8, 4) is 5.75 Å². The van der Waals surface area contributed by atoms with Gasteiger partial charge in [0.05, 0.1) is 12.4 Å². The number of benzene rings is 1. The van der Waals surface area contributed by atoms with Crippen LogP contribution in [0.1, 0.15) is 32.6 Å². The molecule has 0 aromatic heterocycles. The predicted octanol–water partition coefficient (Wildman–Crippen LogP) is 3.05. The molecule has 1 aromatic carbocycles. The van der Waals surface area contributed by atoms with Crippen molar-refractivity contribution < 1.29 is 17.5 Å². The fourth-order valence-corrected chi connectivity index (χ4v) is 4.26. The first kappa shape index (κ1) is 17.2. The van der Waals surface area contributed by atoms with E-state index in [2.05, 4.69) is 0 Å². The molecular weight excluding hydrogens is 305 g/mol. The van der Waals surface area contributed by atoms with E-state index in [-0.39, 0.29) is 23.2 Å². The molecule has 0 N–H and O–H groups in total. The molecule has 0 atom stereocenters. The number of unbranched alkanes of at least 4 members (excludes halogenated alkanes) is 1. The molecule has 1 heterocycles. The van der Waals surface area contributed by atoms with Crippen LogP contribution < -0.4 is 4.74 Å². The maximum Gasteiger partial charge on any atom is 0.214 e. The lowest BCUT2D eigenvalue weighted by Gasteiger charge is -2.31. The summed E-state index contributed by atoms with van der Waals surface area (Å²) in [5.41, 5.74) is 0. The molecule has 1 fully saturated rings. The number of halogens is 1. The summed E-state index contributed by atoms with van der Waals surface area (Å²) in [6.07, 6.45) is 3.12. The molecule has 0 saturated carbocycles. The van der Waals surface area contributed by atoms with Gasteiger partial charge in [-0.3, -0.25) is 0 Å². The normalized spacial score (nSPS) is 17.5. The van der Waals surface area contributed by atoms with Gasteiger partial charge in [0.1, 0.15) is 0 Å². The standard InChI is InChI=1S/C16H24FNO3S/c1-2-3-12-22(19,20)18-10-8-14(9-11-18)13-21-16-7-5-4-6-15(16)17/h4-7,14H,2-3,8-13H2,1H3. The summed E-state index contributed by atoms with van der Waals surface area (Å²) in [4.78, 5) is 0. The largest absolute Gasteiger partial charge is 0.490 e. The highest BCUT2D eigenvalue weighted by Gasteiger charge is 2.27. The van der Waals surface area contributed by atoms with Crippen LogP contribution in [0.5, 0.6) is 5.75 Å². The lowest BCUT2D eigenvalue weighted by atomic mass is 9.99. The molecule has 0 aliphatic carbocycles. The molecule has 1 aliphatic heterocycles. The number of sulfonamides is 1. The molecule has 22 heavy (non-hydrogen) atoms. The summed E-state index contributed by atoms with van der Waals surface area (Å²) in [5.74, 6) is 0.416. The monoisotopic (exact) mass is 329 g/mol. The second-order valence-corrected chi connectivity index (χ2v) is 7.84. The van der Waals surface area contributed by atoms with E-state index in [1.807, 2.05) is 6.92 Å². The molecule has 0 amide bonds. The highest BCUT2D eigenvalue weighted by molar-refractivity contribution is 7.89. The zero-order valence-corrected chi connectivity index (χ0v) is 13.8. The van der Waals surface area contributed by atoms with Crippen LogP contribution in [0.25, 0.3) is 0 Å². The second kappa shape index (κ2) is 7.92. The molecule has 2 rings (SSSR count). The van der Waals surface area contributed by atoms with Gasteiger partial charge in [-0.05, 0) is 37.3 Å². The molecule has 1 aromatic rings. The van der Waals surface area contributed by atoms with Crippen LogP contribution in [-0.4, -0.2) is 38.2 Å². The van der Waals surface area contributed by atoms with E-state index in [1.165, 1.54) is 6.07 Å². The summed E-state index contributed by atoms with van der Waals surface area (Å²) in [7, 11) is -3.11. The van der Waals surface area contributed by atoms with Crippen molar-refractivity contribution in [2.45, 2.75) is 32.6 Å². The van der Waals surface area contributed by atoms with Crippen molar-refractivity contribution in [3.05, 3.63) is 30.1 Å². The Kier molecular flexibility index (Phi) is 6.20. The summed E-state index contributed by atoms with van der Waals surface area (Å²) in [6.45, 7) is 3.50. The Balaban J connectivity index is 1.79. The number of nitrogens with zero attached hydrogens (tertiary/aromatic N) is 1. The molecule has 1 aliphatic rings. The Morgan fingerprint density at radius 2 is 1.95 bits per heavy atom. The minimum atomic E-state index is -3.11. The average molecular weight is 329 g/mol. The molecule has 0 unspecified atom stereocenters. The van der Waals surface area contributed by atoms with Gasteiger partial charge in [0, 0.05) is 13.1 Å². The van der Waals surface area contributed by atoms with Gasteiger partial charge < -0.3 is 4.74 Å². The first-order chi connectivity index (χ1) is 10.5. The Morgan fingerprint density at radius 1 is 1.27 bits per heavy atom. The van der Waals surface area contributed by atoms with E-state index in [9.17, 15) is 12.8 Å². The van der Waals surface area contributed by atoms with Crippen molar-refractivity contribution in [1.29, 1.82) is 0 Å². The number of rotatable bonds is 7. The zero-order chi connectivity index (χ0) is 16.0. The van der Waals surface area contributed by atoms with Crippen LogP contribution in [0.15, 0.2) is 24.3 Å². The van der Waals surface area contributed by atoms with Gasteiger partial charge in [-0.2, -0.15) is 0 Å². The van der Waals surface area contributed by atoms with Crippen molar-refractivity contribution in [1.82, 2.24) is 4.31 Å². The number of ether oxygens (including phenoxy) is 1. The quantitative estimate of drug-likeness (QED) is 0.772. The third-order valence-electron chi connectivity index (χ3n) is 4.03. The molecule has 6 heteroatoms. The Labute approximate surface area is 132 Å². The molecular formula is C16H24FNO3S. The summed E-state index contributed by atoms with van der Waals surface area (Å²) >= 11 is 0. The first-order valence-electron chi connectivity index (χ1n) is 7.88. The highest BCUT2D eigenvalue weighted by atomic mass is 32.2. The summed E-state index contributed by atoms with van der Waals surface area (Å²) < 4.78 is 44.8. The third kappa shape index (κ3) is 4.68. The van der Waals surface area contributed by atoms with Gasteiger partial charge in [0.15, 0.2) is 11.6 Å². The van der Waals surface area contributed by atoms with E-state index in [0.717, 1.165) is 19.3 Å². The first-order valence-corrected chi connectivity index (χ1v) is 9.49. The van der Waals surface area contributed by atoms with Crippen molar-refractivity contribution in [2.24, 2.45) is 5.92 Å². The predicted molar refractivity (Wildman–Crippen MR) is 84.9 cm³/mol. The van der Waals surface area contributed by atoms with Gasteiger partial charge in [-0.25, -0.2) is 17.1 Å².